The van der Waals surface area contributed by atoms with Crippen LogP contribution in [0, 0.1) is 26.7 Å². The molecule has 0 aliphatic heterocycles. The summed E-state index contributed by atoms with van der Waals surface area (Å²) in [6.45, 7) is 31.4. The van der Waals surface area contributed by atoms with Crippen molar-refractivity contribution < 1.29 is 4.79 Å². The first-order chi connectivity index (χ1) is 19.5. The van der Waals surface area contributed by atoms with Crippen molar-refractivity contribution in [3.8, 4) is 0 Å². The summed E-state index contributed by atoms with van der Waals surface area (Å²) in [6.07, 6.45) is 9.36. The molecule has 2 rings (SSSR count). The molecule has 0 aromatic heterocycles. The molecule has 2 nitrogen and oxygen atoms in total. The van der Waals surface area contributed by atoms with Gasteiger partial charge in [0.25, 0.3) is 0 Å². The first-order valence-electron chi connectivity index (χ1n) is 16.0. The van der Waals surface area contributed by atoms with Gasteiger partial charge in [-0.1, -0.05) is 122 Å². The largest absolute Gasteiger partial charge is 0.380 e. The third-order valence-electron chi connectivity index (χ3n) is 6.03. The van der Waals surface area contributed by atoms with E-state index in [0.717, 1.165) is 11.6 Å². The zero-order valence-corrected chi connectivity index (χ0v) is 31.1. The summed E-state index contributed by atoms with van der Waals surface area (Å²) in [5.41, 5.74) is 7.91. The number of carbonyl (C=O) groups is 1. The van der Waals surface area contributed by atoms with Crippen LogP contribution in [0.4, 0.5) is 0 Å². The lowest BCUT2D eigenvalue weighted by molar-refractivity contribution is -0.115. The summed E-state index contributed by atoms with van der Waals surface area (Å²) in [5.74, 6) is 6.01. The van der Waals surface area contributed by atoms with Crippen LogP contribution in [0.2, 0.25) is 0 Å². The summed E-state index contributed by atoms with van der Waals surface area (Å²) >= 11 is 0. The molecule has 42 heavy (non-hydrogen) atoms. The molecule has 0 saturated carbocycles. The molecule has 0 aliphatic carbocycles. The van der Waals surface area contributed by atoms with Gasteiger partial charge in [0.05, 0.1) is 0 Å². The van der Waals surface area contributed by atoms with E-state index >= 15 is 0 Å². The van der Waals surface area contributed by atoms with E-state index in [1.807, 2.05) is 0 Å². The van der Waals surface area contributed by atoms with Gasteiger partial charge in [-0.15, -0.1) is 0 Å². The number of nitrogens with one attached hydrogen (secondary N) is 1. The van der Waals surface area contributed by atoms with Crippen LogP contribution < -0.4 is 5.32 Å². The van der Waals surface area contributed by atoms with Crippen LogP contribution in [-0.4, -0.2) is 29.2 Å². The Morgan fingerprint density at radius 2 is 1.36 bits per heavy atom. The second kappa shape index (κ2) is 26.5. The average molecular weight is 600 g/mol. The van der Waals surface area contributed by atoms with Crippen LogP contribution in [0.5, 0.6) is 0 Å². The van der Waals surface area contributed by atoms with E-state index in [2.05, 4.69) is 143 Å². The van der Waals surface area contributed by atoms with Crippen LogP contribution in [0.25, 0.3) is 5.70 Å². The summed E-state index contributed by atoms with van der Waals surface area (Å²) in [7, 11) is 0.427. The van der Waals surface area contributed by atoms with Gasteiger partial charge in [0.2, 0.25) is 0 Å². The summed E-state index contributed by atoms with van der Waals surface area (Å²) in [4.78, 5) is 9.44. The van der Waals surface area contributed by atoms with Gasteiger partial charge in [0.15, 0.2) is 0 Å². The van der Waals surface area contributed by atoms with Gasteiger partial charge >= 0.3 is 0 Å². The Kier molecular flexibility index (Phi) is 28.0. The maximum atomic E-state index is 9.44. The average Bonchev–Trinajstić information content (AvgIpc) is 2.86. The van der Waals surface area contributed by atoms with Crippen LogP contribution in [0.3, 0.4) is 0 Å². The molecule has 0 fully saturated rings. The standard InChI is InChI=1S/C18H29N.C10H14.C4H10S.C4H10.C3H6O/c1-7-11-18(6,12-8-2)19-16(5)17-10-9-14(3)15(4)13-17;1-3-5-10-7-4-6-9(2)8-10;1-4-5(2)3;1-4(2)3;1-3(2)4/h9-10,13,19H,5,7-8,11-12H2,1-4,6H3;4,6-8H,3,5H2,1-2H3;2,4H2,1,3H3;4H,1-3H3;1-2H3. The minimum Gasteiger partial charge on any atom is -0.380 e. The number of Topliss-reactive ketones (excluding diaryl/α,β-unsaturated/α-hetero) is 1. The molecule has 0 amide bonds. The molecule has 0 heterocycles. The van der Waals surface area contributed by atoms with E-state index < -0.39 is 0 Å². The molecule has 242 valence electrons. The fraction of sp³-hybridized carbons (Fsp3) is 0.590. The molecule has 2 aromatic carbocycles. The molecule has 0 saturated heterocycles. The predicted molar refractivity (Wildman–Crippen MR) is 200 cm³/mol. The van der Waals surface area contributed by atoms with E-state index in [4.69, 9.17) is 0 Å². The first kappa shape index (κ1) is 44.3. The minimum atomic E-state index is 0.166. The second-order valence-electron chi connectivity index (χ2n) is 12.4. The third-order valence-corrected chi connectivity index (χ3v) is 7.01. The second-order valence-corrected chi connectivity index (χ2v) is 14.6. The van der Waals surface area contributed by atoms with E-state index in [0.29, 0.717) is 10.5 Å². The minimum absolute atomic E-state index is 0.166. The highest BCUT2D eigenvalue weighted by molar-refractivity contribution is 8.13. The lowest BCUT2D eigenvalue weighted by Crippen LogP contribution is -2.40. The molecule has 0 aliphatic rings. The van der Waals surface area contributed by atoms with Crippen LogP contribution in [0.1, 0.15) is 129 Å². The number of aryl methyl sites for hydroxylation is 4. The lowest BCUT2D eigenvalue weighted by Gasteiger charge is -2.33. The summed E-state index contributed by atoms with van der Waals surface area (Å²) in [6, 6.07) is 15.3. The zero-order chi connectivity index (χ0) is 33.3. The molecular weight excluding hydrogens is 531 g/mol. The highest BCUT2D eigenvalue weighted by Crippen LogP contribution is 2.24. The summed E-state index contributed by atoms with van der Waals surface area (Å²) < 4.78 is 0. The van der Waals surface area contributed by atoms with E-state index in [9.17, 15) is 4.79 Å². The molecular formula is C39H69NOS. The van der Waals surface area contributed by atoms with E-state index in [1.165, 1.54) is 85.9 Å². The zero-order valence-electron chi connectivity index (χ0n) is 30.3. The number of benzene rings is 2. The first-order valence-corrected chi connectivity index (χ1v) is 17.9. The van der Waals surface area contributed by atoms with Crippen LogP contribution in [0.15, 0.2) is 49.0 Å². The van der Waals surface area contributed by atoms with Crippen LogP contribution in [-0.2, 0) is 11.2 Å². The van der Waals surface area contributed by atoms with Gasteiger partial charge in [0.1, 0.15) is 5.78 Å². The normalized spacial score (nSPS) is 10.7. The number of hydrogen-bond donors (Lipinski definition) is 1. The fourth-order valence-electron chi connectivity index (χ4n) is 3.88. The summed E-state index contributed by atoms with van der Waals surface area (Å²) in [5, 5.41) is 3.66. The van der Waals surface area contributed by atoms with Crippen molar-refractivity contribution in [2.45, 2.75) is 134 Å². The lowest BCUT2D eigenvalue weighted by atomic mass is 9.90. The van der Waals surface area contributed by atoms with E-state index in [1.54, 1.807) is 0 Å². The molecule has 0 bridgehead atoms. The number of hydrogen-bond acceptors (Lipinski definition) is 2. The van der Waals surface area contributed by atoms with Crippen molar-refractivity contribution in [2.24, 2.45) is 5.92 Å². The van der Waals surface area contributed by atoms with Gasteiger partial charge in [-0.2, -0.15) is 10.5 Å². The van der Waals surface area contributed by atoms with Gasteiger partial charge in [-0.25, -0.2) is 0 Å². The molecule has 1 atom stereocenters. The highest BCUT2D eigenvalue weighted by Gasteiger charge is 2.22. The van der Waals surface area contributed by atoms with Gasteiger partial charge in [0, 0.05) is 11.2 Å². The maximum absolute atomic E-state index is 9.44. The van der Waals surface area contributed by atoms with E-state index in [-0.39, 0.29) is 11.3 Å². The highest BCUT2D eigenvalue weighted by atomic mass is 32.2. The smallest absolute Gasteiger partial charge is 0.126 e. The Hall–Kier alpha value is -2.13. The quantitative estimate of drug-likeness (QED) is 0.275. The molecule has 1 unspecified atom stereocenters. The Balaban J connectivity index is -0.000000548. The van der Waals surface area contributed by atoms with Gasteiger partial charge in [-0.3, -0.25) is 0 Å². The Bertz CT molecular complexity index is 992. The predicted octanol–water partition coefficient (Wildman–Crippen LogP) is 11.8. The monoisotopic (exact) mass is 600 g/mol. The van der Waals surface area contributed by atoms with Crippen molar-refractivity contribution in [3.05, 3.63) is 76.9 Å². The fourth-order valence-corrected chi connectivity index (χ4v) is 3.88. The number of rotatable bonds is 10. The van der Waals surface area contributed by atoms with Crippen molar-refractivity contribution in [3.63, 3.8) is 0 Å². The van der Waals surface area contributed by atoms with Gasteiger partial charge in [-0.05, 0) is 107 Å². The molecule has 0 spiro atoms. The Morgan fingerprint density at radius 1 is 0.881 bits per heavy atom. The third kappa shape index (κ3) is 28.0. The van der Waals surface area contributed by atoms with Crippen molar-refractivity contribution in [2.75, 3.05) is 12.0 Å². The Labute approximate surface area is 266 Å². The molecule has 0 radical (unpaired) electrons. The van der Waals surface area contributed by atoms with Crippen molar-refractivity contribution in [1.29, 1.82) is 0 Å². The maximum Gasteiger partial charge on any atom is 0.126 e. The SMILES string of the molecule is C=C(NC(C)(CCC)CCC)c1ccc(C)c(C)c1.C=S(C)CC.CC(C)=O.CC(C)C.CCCc1cccc(C)c1. The van der Waals surface area contributed by atoms with Gasteiger partial charge < -0.3 is 10.1 Å². The van der Waals surface area contributed by atoms with Crippen LogP contribution >= 0.6 is 10.5 Å². The Morgan fingerprint density at radius 3 is 1.71 bits per heavy atom. The van der Waals surface area contributed by atoms with Crippen molar-refractivity contribution in [1.82, 2.24) is 5.32 Å². The number of ketones is 1. The van der Waals surface area contributed by atoms with Crippen molar-refractivity contribution >= 4 is 27.8 Å². The molecule has 3 heteroatoms. The topological polar surface area (TPSA) is 29.1 Å². The molecule has 2 aromatic rings. The molecule has 1 N–H and O–H groups in total. The number of carbonyl (C=O) groups excluding carboxylic acids is 1.